The fourth-order valence-electron chi connectivity index (χ4n) is 2.24. The molecule has 1 N–H and O–H groups in total. The van der Waals surface area contributed by atoms with Gasteiger partial charge in [-0.2, -0.15) is 0 Å². The molecular formula is C20H24ClNO4. The third kappa shape index (κ3) is 7.23. The molecule has 0 fully saturated rings. The van der Waals surface area contributed by atoms with Crippen LogP contribution in [-0.4, -0.2) is 32.3 Å². The summed E-state index contributed by atoms with van der Waals surface area (Å²) < 4.78 is 16.7. The highest BCUT2D eigenvalue weighted by molar-refractivity contribution is 6.30. The van der Waals surface area contributed by atoms with Crippen molar-refractivity contribution in [2.75, 3.05) is 26.4 Å². The minimum Gasteiger partial charge on any atom is -0.492 e. The topological polar surface area (TPSA) is 56.8 Å². The number of halogens is 1. The number of nitrogens with one attached hydrogen (secondary N) is 1. The van der Waals surface area contributed by atoms with E-state index in [4.69, 9.17) is 25.8 Å². The van der Waals surface area contributed by atoms with Gasteiger partial charge in [0.2, 0.25) is 5.91 Å². The molecule has 0 aromatic heterocycles. The molecule has 0 heterocycles. The van der Waals surface area contributed by atoms with E-state index in [1.165, 1.54) is 0 Å². The number of hydrogen-bond acceptors (Lipinski definition) is 4. The molecule has 6 heteroatoms. The summed E-state index contributed by atoms with van der Waals surface area (Å²) in [5.41, 5.74) is 0. The molecule has 0 saturated heterocycles. The molecule has 0 unspecified atom stereocenters. The van der Waals surface area contributed by atoms with Gasteiger partial charge in [0.05, 0.1) is 19.8 Å². The van der Waals surface area contributed by atoms with Crippen LogP contribution in [0.5, 0.6) is 17.2 Å². The van der Waals surface area contributed by atoms with E-state index in [-0.39, 0.29) is 5.91 Å². The zero-order valence-electron chi connectivity index (χ0n) is 14.9. The Morgan fingerprint density at radius 2 is 1.65 bits per heavy atom. The van der Waals surface area contributed by atoms with Gasteiger partial charge in [-0.1, -0.05) is 23.7 Å². The van der Waals surface area contributed by atoms with E-state index in [2.05, 4.69) is 5.32 Å². The second kappa shape index (κ2) is 11.3. The largest absolute Gasteiger partial charge is 0.492 e. The molecular weight excluding hydrogens is 354 g/mol. The fraction of sp³-hybridized carbons (Fsp3) is 0.350. The molecule has 2 aromatic rings. The third-order valence-electron chi connectivity index (χ3n) is 3.46. The van der Waals surface area contributed by atoms with Crippen molar-refractivity contribution in [3.05, 3.63) is 53.6 Å². The second-order valence-corrected chi connectivity index (χ2v) is 5.92. The van der Waals surface area contributed by atoms with E-state index in [9.17, 15) is 4.79 Å². The summed E-state index contributed by atoms with van der Waals surface area (Å²) >= 11 is 5.81. The van der Waals surface area contributed by atoms with Gasteiger partial charge in [0, 0.05) is 11.4 Å². The summed E-state index contributed by atoms with van der Waals surface area (Å²) in [6.07, 6.45) is 1.03. The number of hydrogen-bond donors (Lipinski definition) is 1. The van der Waals surface area contributed by atoms with Crippen LogP contribution in [0.4, 0.5) is 0 Å². The molecule has 0 aliphatic heterocycles. The molecule has 0 aliphatic carbocycles. The number of rotatable bonds is 11. The van der Waals surface area contributed by atoms with E-state index in [1.807, 2.05) is 31.2 Å². The van der Waals surface area contributed by atoms with Gasteiger partial charge in [-0.25, -0.2) is 0 Å². The van der Waals surface area contributed by atoms with Crippen LogP contribution in [0.3, 0.4) is 0 Å². The van der Waals surface area contributed by atoms with Gasteiger partial charge in [0.1, 0.15) is 12.4 Å². The molecule has 2 aromatic carbocycles. The van der Waals surface area contributed by atoms with Crippen LogP contribution in [0.1, 0.15) is 19.8 Å². The molecule has 0 spiro atoms. The normalized spacial score (nSPS) is 10.2. The lowest BCUT2D eigenvalue weighted by atomic mass is 10.3. The van der Waals surface area contributed by atoms with E-state index in [1.54, 1.807) is 24.3 Å². The minimum atomic E-state index is -0.0219. The Balaban J connectivity index is 1.57. The van der Waals surface area contributed by atoms with E-state index < -0.39 is 0 Å². The van der Waals surface area contributed by atoms with Crippen LogP contribution in [0.25, 0.3) is 0 Å². The maximum absolute atomic E-state index is 11.8. The Kier molecular flexibility index (Phi) is 8.63. The van der Waals surface area contributed by atoms with Crippen LogP contribution in [0.2, 0.25) is 5.02 Å². The van der Waals surface area contributed by atoms with Crippen molar-refractivity contribution in [2.45, 2.75) is 19.8 Å². The van der Waals surface area contributed by atoms with Crippen molar-refractivity contribution in [2.24, 2.45) is 0 Å². The second-order valence-electron chi connectivity index (χ2n) is 5.48. The molecule has 0 bridgehead atoms. The van der Waals surface area contributed by atoms with Crippen molar-refractivity contribution in [3.8, 4) is 17.2 Å². The lowest BCUT2D eigenvalue weighted by Crippen LogP contribution is -2.28. The fourth-order valence-corrected chi connectivity index (χ4v) is 2.36. The summed E-state index contributed by atoms with van der Waals surface area (Å²) in [5.74, 6) is 2.13. The molecule has 0 radical (unpaired) electrons. The molecule has 140 valence electrons. The Bertz CT molecular complexity index is 676. The minimum absolute atomic E-state index is 0.0219. The highest BCUT2D eigenvalue weighted by Crippen LogP contribution is 2.26. The summed E-state index contributed by atoms with van der Waals surface area (Å²) in [6, 6.07) is 14.6. The number of benzene rings is 2. The first-order valence-electron chi connectivity index (χ1n) is 8.68. The predicted molar refractivity (Wildman–Crippen MR) is 102 cm³/mol. The molecule has 26 heavy (non-hydrogen) atoms. The number of ether oxygens (including phenoxy) is 3. The van der Waals surface area contributed by atoms with E-state index in [0.29, 0.717) is 50.0 Å². The quantitative estimate of drug-likeness (QED) is 0.599. The standard InChI is InChI=1S/C20H24ClNO4/c1-2-24-18-6-3-4-7-19(18)26-14-5-8-20(23)22-13-15-25-17-11-9-16(21)10-12-17/h3-4,6-7,9-12H,2,5,8,13-15H2,1H3,(H,22,23). The maximum Gasteiger partial charge on any atom is 0.220 e. The average Bonchev–Trinajstić information content (AvgIpc) is 2.65. The van der Waals surface area contributed by atoms with Gasteiger partial charge in [0.15, 0.2) is 11.5 Å². The predicted octanol–water partition coefficient (Wildman–Crippen LogP) is 4.09. The molecule has 0 aliphatic rings. The number of carbonyl (C=O) groups is 1. The maximum atomic E-state index is 11.8. The van der Waals surface area contributed by atoms with Crippen molar-refractivity contribution in [1.82, 2.24) is 5.32 Å². The molecule has 2 rings (SSSR count). The first kappa shape index (κ1) is 19.9. The Morgan fingerprint density at radius 1 is 0.962 bits per heavy atom. The zero-order chi connectivity index (χ0) is 18.6. The Labute approximate surface area is 159 Å². The molecule has 1 amide bonds. The van der Waals surface area contributed by atoms with Crippen molar-refractivity contribution < 1.29 is 19.0 Å². The van der Waals surface area contributed by atoms with E-state index in [0.717, 1.165) is 11.5 Å². The lowest BCUT2D eigenvalue weighted by Gasteiger charge is -2.11. The smallest absolute Gasteiger partial charge is 0.220 e. The van der Waals surface area contributed by atoms with Crippen molar-refractivity contribution >= 4 is 17.5 Å². The summed E-state index contributed by atoms with van der Waals surface area (Å²) in [6.45, 7) is 3.83. The number of para-hydroxylation sites is 2. The van der Waals surface area contributed by atoms with E-state index >= 15 is 0 Å². The number of carbonyl (C=O) groups excluding carboxylic acids is 1. The van der Waals surface area contributed by atoms with Gasteiger partial charge < -0.3 is 19.5 Å². The summed E-state index contributed by atoms with van der Waals surface area (Å²) in [4.78, 5) is 11.8. The van der Waals surface area contributed by atoms with Gasteiger partial charge in [-0.15, -0.1) is 0 Å². The molecule has 0 saturated carbocycles. The average molecular weight is 378 g/mol. The highest BCUT2D eigenvalue weighted by atomic mass is 35.5. The lowest BCUT2D eigenvalue weighted by molar-refractivity contribution is -0.121. The Morgan fingerprint density at radius 3 is 2.35 bits per heavy atom. The third-order valence-corrected chi connectivity index (χ3v) is 3.71. The van der Waals surface area contributed by atoms with Crippen LogP contribution in [0, 0.1) is 0 Å². The van der Waals surface area contributed by atoms with Gasteiger partial charge in [-0.3, -0.25) is 4.79 Å². The van der Waals surface area contributed by atoms with Crippen molar-refractivity contribution in [3.63, 3.8) is 0 Å². The first-order valence-corrected chi connectivity index (χ1v) is 9.06. The van der Waals surface area contributed by atoms with Gasteiger partial charge in [0.25, 0.3) is 0 Å². The van der Waals surface area contributed by atoms with Crippen LogP contribution >= 0.6 is 11.6 Å². The number of amides is 1. The molecule has 0 atom stereocenters. The zero-order valence-corrected chi connectivity index (χ0v) is 15.6. The van der Waals surface area contributed by atoms with Gasteiger partial charge in [-0.05, 0) is 49.7 Å². The van der Waals surface area contributed by atoms with Crippen molar-refractivity contribution in [1.29, 1.82) is 0 Å². The van der Waals surface area contributed by atoms with Crippen LogP contribution in [-0.2, 0) is 4.79 Å². The van der Waals surface area contributed by atoms with Crippen LogP contribution < -0.4 is 19.5 Å². The summed E-state index contributed by atoms with van der Waals surface area (Å²) in [5, 5.41) is 3.49. The van der Waals surface area contributed by atoms with Crippen LogP contribution in [0.15, 0.2) is 48.5 Å². The highest BCUT2D eigenvalue weighted by Gasteiger charge is 2.05. The summed E-state index contributed by atoms with van der Waals surface area (Å²) in [7, 11) is 0. The monoisotopic (exact) mass is 377 g/mol. The first-order chi connectivity index (χ1) is 12.7. The Hall–Kier alpha value is -2.40. The SMILES string of the molecule is CCOc1ccccc1OCCCC(=O)NCCOc1ccc(Cl)cc1. The van der Waals surface area contributed by atoms with Gasteiger partial charge >= 0.3 is 0 Å². The molecule has 5 nitrogen and oxygen atoms in total.